The van der Waals surface area contributed by atoms with Crippen LogP contribution in [0.1, 0.15) is 22.3 Å². The van der Waals surface area contributed by atoms with Gasteiger partial charge in [-0.1, -0.05) is 170 Å². The highest BCUT2D eigenvalue weighted by Crippen LogP contribution is 2.63. The van der Waals surface area contributed by atoms with Crippen molar-refractivity contribution in [3.8, 4) is 50.2 Å². The number of benzene rings is 11. The van der Waals surface area contributed by atoms with E-state index in [1.807, 2.05) is 0 Å². The lowest BCUT2D eigenvalue weighted by atomic mass is 9.70. The molecule has 326 valence electrons. The molecule has 11 aromatic carbocycles. The van der Waals surface area contributed by atoms with Gasteiger partial charge in [0.2, 0.25) is 0 Å². The van der Waals surface area contributed by atoms with Crippen molar-refractivity contribution in [1.29, 1.82) is 0 Å². The first kappa shape index (κ1) is 38.9. The van der Waals surface area contributed by atoms with Crippen LogP contribution in [0.5, 0.6) is 0 Å². The Morgan fingerprint density at radius 3 is 1.57 bits per heavy atom. The fourth-order valence-electron chi connectivity index (χ4n) is 12.2. The van der Waals surface area contributed by atoms with Crippen molar-refractivity contribution in [2.24, 2.45) is 0 Å². The molecule has 0 unspecified atom stereocenters. The van der Waals surface area contributed by atoms with Crippen LogP contribution >= 0.6 is 0 Å². The second-order valence-electron chi connectivity index (χ2n) is 18.8. The van der Waals surface area contributed by atoms with Gasteiger partial charge in [-0.3, -0.25) is 0 Å². The summed E-state index contributed by atoms with van der Waals surface area (Å²) in [5, 5.41) is 4.63. The summed E-state index contributed by atoms with van der Waals surface area (Å²) >= 11 is 0. The van der Waals surface area contributed by atoms with E-state index in [1.54, 1.807) is 0 Å². The van der Waals surface area contributed by atoms with Crippen LogP contribution in [-0.2, 0) is 5.41 Å². The summed E-state index contributed by atoms with van der Waals surface area (Å²) in [5.74, 6) is 0. The third kappa shape index (κ3) is 5.52. The van der Waals surface area contributed by atoms with E-state index in [0.717, 1.165) is 55.8 Å². The van der Waals surface area contributed by atoms with E-state index in [4.69, 9.17) is 4.42 Å². The van der Waals surface area contributed by atoms with Crippen LogP contribution in [0.4, 0.5) is 17.1 Å². The zero-order valence-electron chi connectivity index (χ0n) is 38.1. The molecule has 13 aromatic rings. The number of furan rings is 1. The maximum Gasteiger partial charge on any atom is 0.136 e. The van der Waals surface area contributed by atoms with Crippen LogP contribution in [-0.4, -0.2) is 4.57 Å². The van der Waals surface area contributed by atoms with Crippen LogP contribution in [0.15, 0.2) is 259 Å². The van der Waals surface area contributed by atoms with Crippen LogP contribution in [0.2, 0.25) is 0 Å². The molecular weight excluding hydrogens is 849 g/mol. The molecular formula is C67H42N2O. The highest BCUT2D eigenvalue weighted by Gasteiger charge is 2.51. The maximum atomic E-state index is 6.73. The van der Waals surface area contributed by atoms with Gasteiger partial charge in [-0.25, -0.2) is 0 Å². The Labute approximate surface area is 405 Å². The molecule has 1 spiro atoms. The van der Waals surface area contributed by atoms with Gasteiger partial charge in [0.1, 0.15) is 11.2 Å². The van der Waals surface area contributed by atoms with Crippen molar-refractivity contribution in [3.63, 3.8) is 0 Å². The van der Waals surface area contributed by atoms with E-state index in [0.29, 0.717) is 0 Å². The quantitative estimate of drug-likeness (QED) is 0.166. The van der Waals surface area contributed by atoms with Gasteiger partial charge in [-0.15, -0.1) is 0 Å². The molecule has 0 atom stereocenters. The second-order valence-corrected chi connectivity index (χ2v) is 18.8. The minimum absolute atomic E-state index is 0.403. The van der Waals surface area contributed by atoms with Gasteiger partial charge in [0, 0.05) is 44.3 Å². The number of fused-ring (bicyclic) bond motifs is 16. The van der Waals surface area contributed by atoms with Crippen molar-refractivity contribution < 1.29 is 4.42 Å². The van der Waals surface area contributed by atoms with Crippen LogP contribution in [0, 0.1) is 0 Å². The molecule has 2 aliphatic carbocycles. The molecule has 3 nitrogen and oxygen atoms in total. The van der Waals surface area contributed by atoms with Gasteiger partial charge < -0.3 is 13.9 Å². The van der Waals surface area contributed by atoms with Crippen molar-refractivity contribution in [3.05, 3.63) is 277 Å². The first-order chi connectivity index (χ1) is 34.7. The Morgan fingerprint density at radius 2 is 0.829 bits per heavy atom. The maximum absolute atomic E-state index is 6.73. The predicted octanol–water partition coefficient (Wildman–Crippen LogP) is 17.8. The van der Waals surface area contributed by atoms with Crippen LogP contribution < -0.4 is 4.90 Å². The fourth-order valence-corrected chi connectivity index (χ4v) is 12.2. The van der Waals surface area contributed by atoms with E-state index in [-0.39, 0.29) is 0 Å². The summed E-state index contributed by atoms with van der Waals surface area (Å²) in [4.78, 5) is 2.41. The van der Waals surface area contributed by atoms with Gasteiger partial charge >= 0.3 is 0 Å². The molecule has 2 heterocycles. The number of aromatic nitrogens is 1. The second kappa shape index (κ2) is 14.9. The molecule has 0 bridgehead atoms. The number of hydrogen-bond donors (Lipinski definition) is 0. The highest BCUT2D eigenvalue weighted by molar-refractivity contribution is 6.11. The van der Waals surface area contributed by atoms with Crippen molar-refractivity contribution in [1.82, 2.24) is 4.57 Å². The average Bonchev–Trinajstić information content (AvgIpc) is 4.15. The summed E-state index contributed by atoms with van der Waals surface area (Å²) in [5.41, 5.74) is 23.3. The topological polar surface area (TPSA) is 21.3 Å². The Morgan fingerprint density at radius 1 is 0.300 bits per heavy atom. The molecule has 0 radical (unpaired) electrons. The SMILES string of the molecule is c1ccc(-c2ccc(N(c3ccc4c(c3)-c3ccccc3C43c4ccccc4-c4ccccc43)c3ccc4oc5cc(-c6ccc7c(c6)c6ccccc6n7-c6ccccc6)ccc5c4c3)cc2)cc1. The summed E-state index contributed by atoms with van der Waals surface area (Å²) in [7, 11) is 0. The molecule has 0 aliphatic heterocycles. The highest BCUT2D eigenvalue weighted by atomic mass is 16.3. The predicted molar refractivity (Wildman–Crippen MR) is 290 cm³/mol. The zero-order valence-corrected chi connectivity index (χ0v) is 38.1. The Hall–Kier alpha value is -9.18. The minimum atomic E-state index is -0.403. The largest absolute Gasteiger partial charge is 0.456 e. The molecule has 0 N–H and O–H groups in total. The van der Waals surface area contributed by atoms with Gasteiger partial charge in [0.05, 0.1) is 16.4 Å². The lowest BCUT2D eigenvalue weighted by Crippen LogP contribution is -2.25. The lowest BCUT2D eigenvalue weighted by Gasteiger charge is -2.31. The van der Waals surface area contributed by atoms with Crippen molar-refractivity contribution in [2.75, 3.05) is 4.90 Å². The summed E-state index contributed by atoms with van der Waals surface area (Å²) in [6.07, 6.45) is 0. The van der Waals surface area contributed by atoms with Crippen molar-refractivity contribution >= 4 is 60.8 Å². The minimum Gasteiger partial charge on any atom is -0.456 e. The van der Waals surface area contributed by atoms with Gasteiger partial charge in [-0.05, 0) is 152 Å². The van der Waals surface area contributed by atoms with E-state index < -0.39 is 5.41 Å². The van der Waals surface area contributed by atoms with E-state index in [9.17, 15) is 0 Å². The summed E-state index contributed by atoms with van der Waals surface area (Å²) < 4.78 is 9.10. The van der Waals surface area contributed by atoms with Gasteiger partial charge in [0.25, 0.3) is 0 Å². The molecule has 15 rings (SSSR count). The van der Waals surface area contributed by atoms with Crippen LogP contribution in [0.25, 0.3) is 93.9 Å². The molecule has 0 saturated carbocycles. The Kier molecular flexibility index (Phi) is 8.28. The molecule has 0 saturated heterocycles. The van der Waals surface area contributed by atoms with Gasteiger partial charge in [0.15, 0.2) is 0 Å². The normalized spacial score (nSPS) is 13.0. The third-order valence-corrected chi connectivity index (χ3v) is 15.2. The standard InChI is InChI=1S/C67H42N2O/c1-3-15-43(16-4-1)44-27-31-48(32-28-44)68(49-33-36-62-56(41-49)53-21-9-13-25-61(53)67(62)59-23-11-7-19-51(59)52-20-8-12-24-60(52)67)50-34-38-65-58(42-50)55-35-29-46(40-66(55)70-65)45-30-37-64-57(39-45)54-22-10-14-26-63(54)69(64)47-17-5-2-6-18-47/h1-42H. The molecule has 0 fully saturated rings. The van der Waals surface area contributed by atoms with E-state index >= 15 is 0 Å². The zero-order chi connectivity index (χ0) is 45.9. The van der Waals surface area contributed by atoms with E-state index in [1.165, 1.54) is 77.4 Å². The first-order valence-electron chi connectivity index (χ1n) is 24.2. The number of anilines is 3. The smallest absolute Gasteiger partial charge is 0.136 e. The number of nitrogens with zero attached hydrogens (tertiary/aromatic N) is 2. The number of rotatable bonds is 6. The lowest BCUT2D eigenvalue weighted by molar-refractivity contribution is 0.669. The summed E-state index contributed by atoms with van der Waals surface area (Å²) in [6.45, 7) is 0. The van der Waals surface area contributed by atoms with Crippen LogP contribution in [0.3, 0.4) is 0 Å². The first-order valence-corrected chi connectivity index (χ1v) is 24.2. The number of hydrogen-bond acceptors (Lipinski definition) is 2. The fraction of sp³-hybridized carbons (Fsp3) is 0.0149. The Bertz CT molecular complexity index is 4190. The number of para-hydroxylation sites is 2. The average molecular weight is 891 g/mol. The molecule has 2 aliphatic rings. The molecule has 3 heteroatoms. The van der Waals surface area contributed by atoms with Gasteiger partial charge in [-0.2, -0.15) is 0 Å². The Balaban J connectivity index is 0.874. The molecule has 0 amide bonds. The molecule has 70 heavy (non-hydrogen) atoms. The van der Waals surface area contributed by atoms with E-state index in [2.05, 4.69) is 264 Å². The molecule has 2 aromatic heterocycles. The summed E-state index contributed by atoms with van der Waals surface area (Å²) in [6, 6.07) is 93.3. The van der Waals surface area contributed by atoms with Crippen molar-refractivity contribution in [2.45, 2.75) is 5.41 Å². The third-order valence-electron chi connectivity index (χ3n) is 15.2. The monoisotopic (exact) mass is 890 g/mol.